The first-order valence-electron chi connectivity index (χ1n) is 7.90. The molecule has 0 aromatic carbocycles. The second kappa shape index (κ2) is 10.6. The van der Waals surface area contributed by atoms with Gasteiger partial charge in [0, 0.05) is 6.20 Å². The molecule has 1 aliphatic rings. The summed E-state index contributed by atoms with van der Waals surface area (Å²) < 4.78 is 19.0. The number of ether oxygens (including phenoxy) is 1. The van der Waals surface area contributed by atoms with Crippen molar-refractivity contribution in [1.29, 1.82) is 0 Å². The van der Waals surface area contributed by atoms with Crippen molar-refractivity contribution >= 4 is 0 Å². The Bertz CT molecular complexity index is 360. The van der Waals surface area contributed by atoms with Crippen LogP contribution >= 0.6 is 0 Å². The van der Waals surface area contributed by atoms with Crippen LogP contribution in [0.4, 0.5) is 4.39 Å². The highest BCUT2D eigenvalue weighted by Crippen LogP contribution is 2.39. The maximum Gasteiger partial charge on any atom is 0.220 e. The fourth-order valence-electron chi connectivity index (χ4n) is 2.53. The van der Waals surface area contributed by atoms with E-state index in [1.54, 1.807) is 13.2 Å². The Labute approximate surface area is 123 Å². The highest BCUT2D eigenvalue weighted by Gasteiger charge is 2.25. The summed E-state index contributed by atoms with van der Waals surface area (Å²) in [6, 6.07) is 1.75. The summed E-state index contributed by atoms with van der Waals surface area (Å²) >= 11 is 0. The number of hydrogen-bond donors (Lipinski definition) is 0. The van der Waals surface area contributed by atoms with Gasteiger partial charge in [0.25, 0.3) is 0 Å². The van der Waals surface area contributed by atoms with E-state index in [2.05, 4.69) is 11.9 Å². The molecule has 1 fully saturated rings. The summed E-state index contributed by atoms with van der Waals surface area (Å²) in [5.74, 6) is 1.33. The molecule has 1 aliphatic carbocycles. The van der Waals surface area contributed by atoms with Crippen LogP contribution in [0.15, 0.2) is 12.3 Å². The predicted molar refractivity (Wildman–Crippen MR) is 83.8 cm³/mol. The molecule has 116 valence electrons. The van der Waals surface area contributed by atoms with Gasteiger partial charge in [-0.25, -0.2) is 4.98 Å². The lowest BCUT2D eigenvalue weighted by atomic mass is 9.79. The van der Waals surface area contributed by atoms with E-state index in [1.165, 1.54) is 19.0 Å². The van der Waals surface area contributed by atoms with Gasteiger partial charge in [0.15, 0.2) is 0 Å². The third-order valence-corrected chi connectivity index (χ3v) is 3.55. The molecule has 0 unspecified atom stereocenters. The summed E-state index contributed by atoms with van der Waals surface area (Å²) in [5.41, 5.74) is 0.678. The van der Waals surface area contributed by atoms with Crippen molar-refractivity contribution in [3.05, 3.63) is 23.8 Å². The number of methoxy groups -OCH3 is 1. The van der Waals surface area contributed by atoms with Crippen LogP contribution in [0.25, 0.3) is 0 Å². The zero-order valence-corrected chi connectivity index (χ0v) is 13.9. The van der Waals surface area contributed by atoms with Crippen molar-refractivity contribution < 1.29 is 9.13 Å². The molecule has 1 aromatic heterocycles. The fraction of sp³-hybridized carbons (Fsp3) is 0.706. The second-order valence-electron chi connectivity index (χ2n) is 4.67. The largest absolute Gasteiger partial charge is 0.496 e. The first kappa shape index (κ1) is 18.9. The van der Waals surface area contributed by atoms with Crippen LogP contribution in [-0.4, -0.2) is 12.1 Å². The van der Waals surface area contributed by atoms with E-state index in [1.807, 2.05) is 27.7 Å². The summed E-state index contributed by atoms with van der Waals surface area (Å²) in [6.45, 7) is 10.3. The van der Waals surface area contributed by atoms with Gasteiger partial charge in [0.05, 0.1) is 12.7 Å². The van der Waals surface area contributed by atoms with Crippen LogP contribution in [0, 0.1) is 11.9 Å². The average molecular weight is 283 g/mol. The van der Waals surface area contributed by atoms with Crippen molar-refractivity contribution in [3.8, 4) is 5.75 Å². The minimum Gasteiger partial charge on any atom is -0.496 e. The molecule has 1 aromatic rings. The third-order valence-electron chi connectivity index (χ3n) is 3.55. The zero-order valence-electron chi connectivity index (χ0n) is 13.9. The standard InChI is InChI=1S/C13H18FNO.2C2H6/c1-9-3-5-10(6-4-9)12-11(16-2)7-8-15-13(12)14;2*1-2/h7-10H,3-6H2,1-2H3;2*1-2H3. The lowest BCUT2D eigenvalue weighted by molar-refractivity contribution is 0.326. The molecule has 0 N–H and O–H groups in total. The molecule has 0 atom stereocenters. The zero-order chi connectivity index (χ0) is 15.5. The van der Waals surface area contributed by atoms with Crippen LogP contribution in [0.3, 0.4) is 0 Å². The Morgan fingerprint density at radius 3 is 2.15 bits per heavy atom. The molecule has 0 saturated heterocycles. The van der Waals surface area contributed by atoms with E-state index in [0.717, 1.165) is 18.8 Å². The Morgan fingerprint density at radius 1 is 1.10 bits per heavy atom. The molecule has 0 radical (unpaired) electrons. The first-order chi connectivity index (χ1) is 9.72. The van der Waals surface area contributed by atoms with Gasteiger partial charge in [0.1, 0.15) is 5.75 Å². The molecule has 2 rings (SSSR count). The van der Waals surface area contributed by atoms with Gasteiger partial charge in [-0.2, -0.15) is 4.39 Å². The molecular weight excluding hydrogens is 253 g/mol. The second-order valence-corrected chi connectivity index (χ2v) is 4.67. The van der Waals surface area contributed by atoms with E-state index < -0.39 is 0 Å². The summed E-state index contributed by atoms with van der Waals surface area (Å²) in [7, 11) is 1.59. The quantitative estimate of drug-likeness (QED) is 0.661. The monoisotopic (exact) mass is 283 g/mol. The van der Waals surface area contributed by atoms with Crippen LogP contribution in [0.1, 0.15) is 71.8 Å². The van der Waals surface area contributed by atoms with E-state index in [4.69, 9.17) is 4.74 Å². The Balaban J connectivity index is 0.000000829. The van der Waals surface area contributed by atoms with Gasteiger partial charge in [-0.3, -0.25) is 0 Å². The van der Waals surface area contributed by atoms with Gasteiger partial charge in [0.2, 0.25) is 5.95 Å². The summed E-state index contributed by atoms with van der Waals surface area (Å²) in [4.78, 5) is 3.74. The molecule has 1 saturated carbocycles. The minimum atomic E-state index is -0.362. The number of nitrogens with zero attached hydrogens (tertiary/aromatic N) is 1. The topological polar surface area (TPSA) is 22.1 Å². The van der Waals surface area contributed by atoms with Gasteiger partial charge < -0.3 is 4.74 Å². The normalized spacial score (nSPS) is 20.9. The molecule has 0 spiro atoms. The predicted octanol–water partition coefficient (Wildman–Crippen LogP) is 5.58. The van der Waals surface area contributed by atoms with Crippen molar-refractivity contribution in [2.45, 2.75) is 66.2 Å². The molecule has 3 heteroatoms. The Hall–Kier alpha value is -1.12. The highest BCUT2D eigenvalue weighted by molar-refractivity contribution is 5.34. The maximum atomic E-state index is 13.7. The van der Waals surface area contributed by atoms with E-state index >= 15 is 0 Å². The molecule has 0 bridgehead atoms. The first-order valence-corrected chi connectivity index (χ1v) is 7.90. The van der Waals surface area contributed by atoms with E-state index in [0.29, 0.717) is 11.3 Å². The Morgan fingerprint density at radius 2 is 1.65 bits per heavy atom. The van der Waals surface area contributed by atoms with Crippen molar-refractivity contribution in [3.63, 3.8) is 0 Å². The van der Waals surface area contributed by atoms with Crippen molar-refractivity contribution in [2.24, 2.45) is 5.92 Å². The highest BCUT2D eigenvalue weighted by atomic mass is 19.1. The number of aromatic nitrogens is 1. The fourth-order valence-corrected chi connectivity index (χ4v) is 2.53. The van der Waals surface area contributed by atoms with Crippen molar-refractivity contribution in [1.82, 2.24) is 4.98 Å². The number of hydrogen-bond acceptors (Lipinski definition) is 2. The number of rotatable bonds is 2. The number of halogens is 1. The maximum absolute atomic E-state index is 13.7. The summed E-state index contributed by atoms with van der Waals surface area (Å²) in [5, 5.41) is 0. The van der Waals surface area contributed by atoms with Crippen LogP contribution < -0.4 is 4.74 Å². The van der Waals surface area contributed by atoms with E-state index in [-0.39, 0.29) is 11.9 Å². The van der Waals surface area contributed by atoms with E-state index in [9.17, 15) is 4.39 Å². The summed E-state index contributed by atoms with van der Waals surface area (Å²) in [6.07, 6.45) is 5.88. The minimum absolute atomic E-state index is 0.278. The average Bonchev–Trinajstić information content (AvgIpc) is 2.52. The smallest absolute Gasteiger partial charge is 0.220 e. The van der Waals surface area contributed by atoms with Gasteiger partial charge >= 0.3 is 0 Å². The van der Waals surface area contributed by atoms with Gasteiger partial charge in [-0.05, 0) is 30.7 Å². The van der Waals surface area contributed by atoms with Crippen LogP contribution in [0.5, 0.6) is 5.75 Å². The molecule has 20 heavy (non-hydrogen) atoms. The molecule has 0 aliphatic heterocycles. The van der Waals surface area contributed by atoms with Crippen molar-refractivity contribution in [2.75, 3.05) is 7.11 Å². The number of pyridine rings is 1. The molecule has 2 nitrogen and oxygen atoms in total. The lowest BCUT2D eigenvalue weighted by Gasteiger charge is -2.27. The Kier molecular flexibility index (Phi) is 10.0. The molecular formula is C17H30FNO. The third kappa shape index (κ3) is 5.10. The van der Waals surface area contributed by atoms with Gasteiger partial charge in [-0.15, -0.1) is 0 Å². The molecule has 0 amide bonds. The van der Waals surface area contributed by atoms with Crippen LogP contribution in [0.2, 0.25) is 0 Å². The van der Waals surface area contributed by atoms with Gasteiger partial charge in [-0.1, -0.05) is 47.5 Å². The lowest BCUT2D eigenvalue weighted by Crippen LogP contribution is -2.13. The SMILES string of the molecule is CC.CC.COc1ccnc(F)c1C1CCC(C)CC1. The molecule has 1 heterocycles. The van der Waals surface area contributed by atoms with Crippen LogP contribution in [-0.2, 0) is 0 Å².